The second-order valence-electron chi connectivity index (χ2n) is 3.81. The first kappa shape index (κ1) is 10.6. The standard InChI is InChI=1S/C9H13N3O2S/c10-4-3-9-7-12(8-9)15(13,14)11-5-1-2-6-11/h3H,1-2,5-8H2. The third kappa shape index (κ3) is 1.91. The summed E-state index contributed by atoms with van der Waals surface area (Å²) in [5, 5.41) is 8.40. The Balaban J connectivity index is 2.01. The smallest absolute Gasteiger partial charge is 0.195 e. The molecule has 0 N–H and O–H groups in total. The average Bonchev–Trinajstić information content (AvgIpc) is 2.62. The maximum absolute atomic E-state index is 11.9. The monoisotopic (exact) mass is 227 g/mol. The highest BCUT2D eigenvalue weighted by molar-refractivity contribution is 7.86. The largest absolute Gasteiger partial charge is 0.282 e. The molecule has 2 aliphatic heterocycles. The minimum absolute atomic E-state index is 0.381. The highest BCUT2D eigenvalue weighted by atomic mass is 32.2. The molecule has 2 heterocycles. The summed E-state index contributed by atoms with van der Waals surface area (Å²) in [5.74, 6) is 0. The van der Waals surface area contributed by atoms with Crippen molar-refractivity contribution in [2.75, 3.05) is 26.2 Å². The minimum Gasteiger partial charge on any atom is -0.195 e. The van der Waals surface area contributed by atoms with Crippen molar-refractivity contribution >= 4 is 10.2 Å². The predicted octanol–water partition coefficient (Wildman–Crippen LogP) is 0.0926. The molecule has 82 valence electrons. The van der Waals surface area contributed by atoms with Gasteiger partial charge in [0.15, 0.2) is 0 Å². The molecule has 0 unspecified atom stereocenters. The SMILES string of the molecule is N#CC=C1CN(S(=O)(=O)N2CCCC2)C1. The van der Waals surface area contributed by atoms with E-state index < -0.39 is 10.2 Å². The Kier molecular flexibility index (Phi) is 2.78. The van der Waals surface area contributed by atoms with Crippen LogP contribution in [0.2, 0.25) is 0 Å². The molecular weight excluding hydrogens is 214 g/mol. The van der Waals surface area contributed by atoms with Gasteiger partial charge in [-0.15, -0.1) is 0 Å². The van der Waals surface area contributed by atoms with Gasteiger partial charge in [0.05, 0.1) is 6.07 Å². The summed E-state index contributed by atoms with van der Waals surface area (Å²) in [6.45, 7) is 2.03. The Morgan fingerprint density at radius 1 is 1.20 bits per heavy atom. The lowest BCUT2D eigenvalue weighted by atomic mass is 10.1. The molecule has 0 saturated carbocycles. The molecular formula is C9H13N3O2S. The summed E-state index contributed by atoms with van der Waals surface area (Å²) in [5.41, 5.74) is 0.889. The number of nitriles is 1. The number of hydrogen-bond donors (Lipinski definition) is 0. The van der Waals surface area contributed by atoms with Crippen molar-refractivity contribution in [2.24, 2.45) is 0 Å². The van der Waals surface area contributed by atoms with Crippen LogP contribution in [0.25, 0.3) is 0 Å². The van der Waals surface area contributed by atoms with Crippen molar-refractivity contribution in [2.45, 2.75) is 12.8 Å². The van der Waals surface area contributed by atoms with Crippen LogP contribution in [0.1, 0.15) is 12.8 Å². The Morgan fingerprint density at radius 3 is 2.33 bits per heavy atom. The Labute approximate surface area is 89.8 Å². The molecule has 0 bridgehead atoms. The molecule has 0 radical (unpaired) electrons. The number of allylic oxidation sites excluding steroid dienone is 1. The zero-order valence-corrected chi connectivity index (χ0v) is 9.20. The first-order chi connectivity index (χ1) is 7.14. The minimum atomic E-state index is -3.24. The molecule has 15 heavy (non-hydrogen) atoms. The van der Waals surface area contributed by atoms with Gasteiger partial charge in [0.2, 0.25) is 0 Å². The van der Waals surface area contributed by atoms with Crippen LogP contribution in [0, 0.1) is 11.3 Å². The van der Waals surface area contributed by atoms with E-state index in [1.54, 1.807) is 0 Å². The van der Waals surface area contributed by atoms with Crippen molar-refractivity contribution < 1.29 is 8.42 Å². The van der Waals surface area contributed by atoms with Gasteiger partial charge in [-0.25, -0.2) is 0 Å². The molecule has 2 fully saturated rings. The van der Waals surface area contributed by atoms with E-state index in [2.05, 4.69) is 0 Å². The van der Waals surface area contributed by atoms with Crippen molar-refractivity contribution in [3.8, 4) is 6.07 Å². The second-order valence-corrected chi connectivity index (χ2v) is 5.74. The van der Waals surface area contributed by atoms with Gasteiger partial charge in [0.1, 0.15) is 0 Å². The van der Waals surface area contributed by atoms with E-state index in [4.69, 9.17) is 5.26 Å². The van der Waals surface area contributed by atoms with E-state index in [9.17, 15) is 8.42 Å². The lowest BCUT2D eigenvalue weighted by molar-refractivity contribution is 0.344. The number of rotatable bonds is 2. The van der Waals surface area contributed by atoms with Crippen LogP contribution in [0.15, 0.2) is 11.6 Å². The zero-order chi connectivity index (χ0) is 10.9. The highest BCUT2D eigenvalue weighted by Crippen LogP contribution is 2.23. The Morgan fingerprint density at radius 2 is 1.80 bits per heavy atom. The van der Waals surface area contributed by atoms with Crippen LogP contribution in [-0.4, -0.2) is 43.2 Å². The van der Waals surface area contributed by atoms with Crippen LogP contribution in [0.5, 0.6) is 0 Å². The summed E-state index contributed by atoms with van der Waals surface area (Å²) in [7, 11) is -3.24. The van der Waals surface area contributed by atoms with E-state index in [1.165, 1.54) is 14.7 Å². The number of hydrogen-bond acceptors (Lipinski definition) is 3. The lowest BCUT2D eigenvalue weighted by Crippen LogP contribution is -2.50. The van der Waals surface area contributed by atoms with Gasteiger partial charge in [0.25, 0.3) is 10.2 Å². The topological polar surface area (TPSA) is 64.4 Å². The maximum atomic E-state index is 11.9. The molecule has 0 atom stereocenters. The summed E-state index contributed by atoms with van der Waals surface area (Å²) in [6.07, 6.45) is 3.33. The Hall–Kier alpha value is -0.900. The first-order valence-corrected chi connectivity index (χ1v) is 6.37. The molecule has 0 amide bonds. The average molecular weight is 227 g/mol. The Bertz CT molecular complexity index is 407. The van der Waals surface area contributed by atoms with Gasteiger partial charge in [-0.2, -0.15) is 22.3 Å². The third-order valence-electron chi connectivity index (χ3n) is 2.75. The van der Waals surface area contributed by atoms with Crippen LogP contribution in [-0.2, 0) is 10.2 Å². The van der Waals surface area contributed by atoms with Crippen LogP contribution < -0.4 is 0 Å². The first-order valence-electron chi connectivity index (χ1n) is 4.97. The van der Waals surface area contributed by atoms with E-state index in [0.29, 0.717) is 26.2 Å². The quantitative estimate of drug-likeness (QED) is 0.628. The molecule has 0 aromatic carbocycles. The third-order valence-corrected chi connectivity index (χ3v) is 4.67. The maximum Gasteiger partial charge on any atom is 0.282 e. The molecule has 2 saturated heterocycles. The van der Waals surface area contributed by atoms with E-state index in [-0.39, 0.29) is 0 Å². The van der Waals surface area contributed by atoms with Gasteiger partial charge >= 0.3 is 0 Å². The molecule has 2 aliphatic rings. The zero-order valence-electron chi connectivity index (χ0n) is 8.39. The van der Waals surface area contributed by atoms with Crippen molar-refractivity contribution in [3.63, 3.8) is 0 Å². The van der Waals surface area contributed by atoms with Crippen LogP contribution >= 0.6 is 0 Å². The normalized spacial score (nSPS) is 23.5. The molecule has 0 aromatic rings. The summed E-state index contributed by atoms with van der Waals surface area (Å²) >= 11 is 0. The fraction of sp³-hybridized carbons (Fsp3) is 0.667. The lowest BCUT2D eigenvalue weighted by Gasteiger charge is -2.35. The highest BCUT2D eigenvalue weighted by Gasteiger charge is 2.36. The van der Waals surface area contributed by atoms with Crippen LogP contribution in [0.3, 0.4) is 0 Å². The second kappa shape index (κ2) is 3.93. The van der Waals surface area contributed by atoms with E-state index in [0.717, 1.165) is 18.4 Å². The van der Waals surface area contributed by atoms with Gasteiger partial charge < -0.3 is 0 Å². The van der Waals surface area contributed by atoms with Gasteiger partial charge in [-0.1, -0.05) is 0 Å². The van der Waals surface area contributed by atoms with E-state index in [1.807, 2.05) is 6.07 Å². The number of nitrogens with zero attached hydrogens (tertiary/aromatic N) is 3. The van der Waals surface area contributed by atoms with Gasteiger partial charge in [0, 0.05) is 32.3 Å². The van der Waals surface area contributed by atoms with Crippen LogP contribution in [0.4, 0.5) is 0 Å². The summed E-state index contributed by atoms with van der Waals surface area (Å²) in [6, 6.07) is 1.91. The molecule has 2 rings (SSSR count). The van der Waals surface area contributed by atoms with E-state index >= 15 is 0 Å². The molecule has 0 aliphatic carbocycles. The molecule has 5 nitrogen and oxygen atoms in total. The van der Waals surface area contributed by atoms with Crippen molar-refractivity contribution in [1.29, 1.82) is 5.26 Å². The van der Waals surface area contributed by atoms with Gasteiger partial charge in [-0.3, -0.25) is 0 Å². The summed E-state index contributed by atoms with van der Waals surface area (Å²) < 4.78 is 26.8. The predicted molar refractivity (Wildman–Crippen MR) is 55.0 cm³/mol. The summed E-state index contributed by atoms with van der Waals surface area (Å²) in [4.78, 5) is 0. The van der Waals surface area contributed by atoms with Gasteiger partial charge in [-0.05, 0) is 18.4 Å². The molecule has 0 spiro atoms. The molecule has 0 aromatic heterocycles. The fourth-order valence-electron chi connectivity index (χ4n) is 1.83. The molecule has 6 heteroatoms. The fourth-order valence-corrected chi connectivity index (χ4v) is 3.54. The van der Waals surface area contributed by atoms with Crippen molar-refractivity contribution in [3.05, 3.63) is 11.6 Å². The van der Waals surface area contributed by atoms with Crippen molar-refractivity contribution in [1.82, 2.24) is 8.61 Å².